The van der Waals surface area contributed by atoms with E-state index in [1.54, 1.807) is 0 Å². The van der Waals surface area contributed by atoms with Crippen molar-refractivity contribution < 1.29 is 34.4 Å². The minimum Gasteiger partial charge on any atom is -0.459 e. The van der Waals surface area contributed by atoms with E-state index in [1.807, 2.05) is 0 Å². The fourth-order valence-corrected chi connectivity index (χ4v) is 10.7. The van der Waals surface area contributed by atoms with Gasteiger partial charge in [-0.1, -0.05) is 98.8 Å². The Kier molecular flexibility index (Phi) is 13.1. The van der Waals surface area contributed by atoms with E-state index in [-0.39, 0.29) is 24.4 Å². The number of esters is 2. The van der Waals surface area contributed by atoms with Gasteiger partial charge >= 0.3 is 11.9 Å². The van der Waals surface area contributed by atoms with Crippen molar-refractivity contribution in [2.24, 2.45) is 39.9 Å². The monoisotopic (exact) mass is 684 g/mol. The van der Waals surface area contributed by atoms with Gasteiger partial charge in [0.05, 0.1) is 6.10 Å². The summed E-state index contributed by atoms with van der Waals surface area (Å²) in [5, 5.41) is 33.1. The highest BCUT2D eigenvalue weighted by Crippen LogP contribution is 2.67. The van der Waals surface area contributed by atoms with Gasteiger partial charge in [0.15, 0.2) is 0 Å². The summed E-state index contributed by atoms with van der Waals surface area (Å²) in [6.45, 7) is 21.2. The van der Waals surface area contributed by atoms with Crippen molar-refractivity contribution in [3.8, 4) is 0 Å². The molecule has 0 spiro atoms. The minimum absolute atomic E-state index is 0.0506. The van der Waals surface area contributed by atoms with Crippen LogP contribution in [0, 0.1) is 39.9 Å². The summed E-state index contributed by atoms with van der Waals surface area (Å²) in [6.07, 6.45) is 11.2. The van der Waals surface area contributed by atoms with Gasteiger partial charge in [0, 0.05) is 30.8 Å². The number of carbonyl (C=O) groups excluding carboxylic acids is 2. The molecule has 9 atom stereocenters. The molecule has 278 valence electrons. The predicted molar refractivity (Wildman–Crippen MR) is 194 cm³/mol. The van der Waals surface area contributed by atoms with Crippen LogP contribution in [0.3, 0.4) is 0 Å². The van der Waals surface area contributed by atoms with Crippen LogP contribution in [0.15, 0.2) is 34.9 Å². The van der Waals surface area contributed by atoms with Crippen LogP contribution in [0.1, 0.15) is 145 Å². The lowest BCUT2D eigenvalue weighted by molar-refractivity contribution is -0.197. The maximum Gasteiger partial charge on any atom is 0.306 e. The molecule has 0 aromatic rings. The molecule has 0 aromatic carbocycles. The third kappa shape index (κ3) is 7.94. The lowest BCUT2D eigenvalue weighted by Crippen LogP contribution is -2.63. The first-order valence-electron chi connectivity index (χ1n) is 19.5. The van der Waals surface area contributed by atoms with E-state index in [1.165, 1.54) is 23.6 Å². The number of unbranched alkanes of at least 4 members (excludes halogenated alkanes) is 6. The van der Waals surface area contributed by atoms with Crippen molar-refractivity contribution in [1.82, 2.24) is 0 Å². The second-order valence-electron chi connectivity index (χ2n) is 17.4. The summed E-state index contributed by atoms with van der Waals surface area (Å²) in [5.74, 6) is 0.398. The van der Waals surface area contributed by atoms with Crippen molar-refractivity contribution in [3.05, 3.63) is 34.9 Å². The molecular weight excluding hydrogens is 616 g/mol. The van der Waals surface area contributed by atoms with Crippen molar-refractivity contribution >= 4 is 11.9 Å². The molecule has 49 heavy (non-hydrogen) atoms. The Labute approximate surface area is 297 Å². The highest BCUT2D eigenvalue weighted by atomic mass is 16.6. The molecule has 0 heterocycles. The molecule has 0 saturated heterocycles. The Hall–Kier alpha value is -1.96. The summed E-state index contributed by atoms with van der Waals surface area (Å²) in [7, 11) is 0. The minimum atomic E-state index is -0.988. The first-order valence-corrected chi connectivity index (χ1v) is 19.5. The molecule has 0 aromatic heterocycles. The third-order valence-corrected chi connectivity index (χ3v) is 13.4. The van der Waals surface area contributed by atoms with Crippen LogP contribution in [0.5, 0.6) is 0 Å². The lowest BCUT2D eigenvalue weighted by Gasteiger charge is -2.62. The van der Waals surface area contributed by atoms with Crippen molar-refractivity contribution in [2.45, 2.75) is 170 Å². The zero-order valence-corrected chi connectivity index (χ0v) is 32.0. The third-order valence-electron chi connectivity index (χ3n) is 13.4. The number of ether oxygens (including phenoxy) is 2. The average molecular weight is 685 g/mol. The van der Waals surface area contributed by atoms with E-state index < -0.39 is 46.6 Å². The van der Waals surface area contributed by atoms with Crippen LogP contribution < -0.4 is 0 Å². The van der Waals surface area contributed by atoms with Gasteiger partial charge in [0.1, 0.15) is 18.3 Å². The SMILES string of the molecule is C=C(CC[C@H](C)[C@@H]1CC=C2C3=C([C@H](O)[C@@H](OC(C)=O)[C@]21C)[C@]1(C)C[C@H](O)[C@@H](OC(=O)CCCCCCCCCO)C(C)(C)[C@H]1CC3)C(C)C. The smallest absolute Gasteiger partial charge is 0.306 e. The summed E-state index contributed by atoms with van der Waals surface area (Å²) in [6, 6.07) is 0. The molecule has 4 aliphatic carbocycles. The first-order chi connectivity index (χ1) is 23.0. The van der Waals surface area contributed by atoms with E-state index >= 15 is 0 Å². The van der Waals surface area contributed by atoms with Gasteiger partial charge in [-0.15, -0.1) is 0 Å². The van der Waals surface area contributed by atoms with Crippen LogP contribution in [-0.2, 0) is 19.1 Å². The lowest BCUT2D eigenvalue weighted by atomic mass is 9.45. The molecular formula is C42H68O7. The summed E-state index contributed by atoms with van der Waals surface area (Å²) in [4.78, 5) is 25.7. The molecule has 7 nitrogen and oxygen atoms in total. The second kappa shape index (κ2) is 16.2. The number of fused-ring (bicyclic) bond motifs is 4. The van der Waals surface area contributed by atoms with Crippen LogP contribution in [-0.4, -0.2) is 58.3 Å². The van der Waals surface area contributed by atoms with Gasteiger partial charge in [0.25, 0.3) is 0 Å². The van der Waals surface area contributed by atoms with E-state index in [4.69, 9.17) is 14.6 Å². The predicted octanol–water partition coefficient (Wildman–Crippen LogP) is 8.40. The molecule has 4 aliphatic rings. The highest BCUT2D eigenvalue weighted by molar-refractivity contribution is 5.70. The second-order valence-corrected chi connectivity index (χ2v) is 17.4. The summed E-state index contributed by atoms with van der Waals surface area (Å²) in [5.41, 5.74) is 2.95. The molecule has 1 fully saturated rings. The fraction of sp³-hybridized carbons (Fsp3) is 0.810. The molecule has 3 N–H and O–H groups in total. The van der Waals surface area contributed by atoms with E-state index in [9.17, 15) is 19.8 Å². The molecule has 0 aliphatic heterocycles. The zero-order chi connectivity index (χ0) is 36.3. The Morgan fingerprint density at radius 3 is 2.18 bits per heavy atom. The highest BCUT2D eigenvalue weighted by Gasteiger charge is 2.65. The quantitative estimate of drug-likeness (QED) is 0.0850. The zero-order valence-electron chi connectivity index (χ0n) is 32.0. The number of allylic oxidation sites excluding steroid dienone is 3. The number of aliphatic hydroxyl groups is 3. The fourth-order valence-electron chi connectivity index (χ4n) is 10.7. The number of rotatable bonds is 16. The first kappa shape index (κ1) is 39.8. The molecule has 0 amide bonds. The van der Waals surface area contributed by atoms with Gasteiger partial charge in [-0.3, -0.25) is 9.59 Å². The van der Waals surface area contributed by atoms with Crippen molar-refractivity contribution in [3.63, 3.8) is 0 Å². The Morgan fingerprint density at radius 1 is 0.939 bits per heavy atom. The molecule has 0 bridgehead atoms. The van der Waals surface area contributed by atoms with E-state index in [0.29, 0.717) is 24.7 Å². The average Bonchev–Trinajstić information content (AvgIpc) is 3.38. The molecule has 0 radical (unpaired) electrons. The van der Waals surface area contributed by atoms with E-state index in [0.717, 1.165) is 82.6 Å². The Morgan fingerprint density at radius 2 is 1.57 bits per heavy atom. The van der Waals surface area contributed by atoms with Crippen LogP contribution >= 0.6 is 0 Å². The normalized spacial score (nSPS) is 34.1. The molecule has 0 unspecified atom stereocenters. The topological polar surface area (TPSA) is 113 Å². The summed E-state index contributed by atoms with van der Waals surface area (Å²) >= 11 is 0. The number of carbonyl (C=O) groups is 2. The van der Waals surface area contributed by atoms with Gasteiger partial charge in [-0.2, -0.15) is 0 Å². The van der Waals surface area contributed by atoms with Gasteiger partial charge in [0.2, 0.25) is 0 Å². The van der Waals surface area contributed by atoms with Crippen molar-refractivity contribution in [2.75, 3.05) is 6.61 Å². The molecule has 4 rings (SSSR count). The van der Waals surface area contributed by atoms with Gasteiger partial charge < -0.3 is 24.8 Å². The number of hydrogen-bond donors (Lipinski definition) is 3. The van der Waals surface area contributed by atoms with Crippen LogP contribution in [0.4, 0.5) is 0 Å². The maximum absolute atomic E-state index is 13.1. The van der Waals surface area contributed by atoms with Gasteiger partial charge in [-0.05, 0) is 97.2 Å². The number of hydrogen-bond acceptors (Lipinski definition) is 7. The molecule has 7 heteroatoms. The van der Waals surface area contributed by atoms with Crippen LogP contribution in [0.2, 0.25) is 0 Å². The Balaban J connectivity index is 1.55. The Bertz CT molecular complexity index is 1260. The standard InChI is InChI=1S/C42H68O7/c1-26(2)27(3)18-19-28(4)31-21-22-32-30-20-23-34-40(6,7)38(49-35(46)17-15-13-11-10-12-14-16-24-43)33(45)25-41(34,8)36(30)37(47)39(42(31,32)9)48-29(5)44/h22,26,28,31,33-34,37-39,43,45,47H,3,10-21,23-25H2,1-2,4-9H3/t28-,31-,33-,34+,37-,38+,39+,41+,42-/m0/s1. The van der Waals surface area contributed by atoms with Crippen LogP contribution in [0.25, 0.3) is 0 Å². The summed E-state index contributed by atoms with van der Waals surface area (Å²) < 4.78 is 12.3. The largest absolute Gasteiger partial charge is 0.459 e. The number of aliphatic hydroxyl groups excluding tert-OH is 3. The van der Waals surface area contributed by atoms with E-state index in [2.05, 4.69) is 61.1 Å². The van der Waals surface area contributed by atoms with Gasteiger partial charge in [-0.25, -0.2) is 0 Å². The maximum atomic E-state index is 13.1. The van der Waals surface area contributed by atoms with Crippen molar-refractivity contribution in [1.29, 1.82) is 0 Å². The molecule has 1 saturated carbocycles.